The van der Waals surface area contributed by atoms with E-state index in [1.165, 1.54) is 11.3 Å². The molecule has 2 aromatic heterocycles. The number of hydrogen-bond donors (Lipinski definition) is 1. The Bertz CT molecular complexity index is 626. The van der Waals surface area contributed by atoms with E-state index in [1.54, 1.807) is 31.7 Å². The number of rotatable bonds is 4. The topological polar surface area (TPSA) is 49.9 Å². The number of aliphatic hydroxyl groups excluding tert-OH is 1. The van der Waals surface area contributed by atoms with Crippen LogP contribution in [0.5, 0.6) is 0 Å². The smallest absolute Gasteiger partial charge is 0.126 e. The first-order chi connectivity index (χ1) is 8.67. The van der Waals surface area contributed by atoms with Crippen LogP contribution in [0.25, 0.3) is 4.83 Å². The summed E-state index contributed by atoms with van der Waals surface area (Å²) in [5.41, 5.74) is 1.29. The standard InChI is InChI=1S/C12H12BrN3OS/c1-3-4-8(5-14-2)11(17)10-12-16(7-15-10)6-9(13)18-12/h3-7,11,17H,1H2,2H3/b8-4+,14-5?. The second kappa shape index (κ2) is 5.60. The van der Waals surface area contributed by atoms with E-state index in [1.807, 2.05) is 10.6 Å². The summed E-state index contributed by atoms with van der Waals surface area (Å²) >= 11 is 4.94. The van der Waals surface area contributed by atoms with Gasteiger partial charge in [-0.15, -0.1) is 11.3 Å². The van der Waals surface area contributed by atoms with E-state index in [4.69, 9.17) is 0 Å². The molecule has 2 heterocycles. The Morgan fingerprint density at radius 3 is 3.17 bits per heavy atom. The summed E-state index contributed by atoms with van der Waals surface area (Å²) in [7, 11) is 1.66. The van der Waals surface area contributed by atoms with Crippen molar-refractivity contribution in [1.29, 1.82) is 0 Å². The van der Waals surface area contributed by atoms with Crippen molar-refractivity contribution in [2.45, 2.75) is 6.10 Å². The van der Waals surface area contributed by atoms with E-state index < -0.39 is 6.10 Å². The Morgan fingerprint density at radius 2 is 2.50 bits per heavy atom. The van der Waals surface area contributed by atoms with Gasteiger partial charge in [0.1, 0.15) is 23.0 Å². The van der Waals surface area contributed by atoms with E-state index in [0.29, 0.717) is 11.3 Å². The van der Waals surface area contributed by atoms with Crippen LogP contribution in [0.2, 0.25) is 0 Å². The molecule has 0 aromatic carbocycles. The van der Waals surface area contributed by atoms with E-state index >= 15 is 0 Å². The Morgan fingerprint density at radius 1 is 1.72 bits per heavy atom. The number of thiazole rings is 1. The van der Waals surface area contributed by atoms with Crippen molar-refractivity contribution in [1.82, 2.24) is 9.38 Å². The number of aromatic nitrogens is 2. The Kier molecular flexibility index (Phi) is 4.11. The molecule has 0 aliphatic heterocycles. The van der Waals surface area contributed by atoms with Gasteiger partial charge >= 0.3 is 0 Å². The van der Waals surface area contributed by atoms with Crippen LogP contribution in [0.1, 0.15) is 11.8 Å². The van der Waals surface area contributed by atoms with Gasteiger partial charge in [0.05, 0.1) is 3.79 Å². The number of nitrogens with zero attached hydrogens (tertiary/aromatic N) is 3. The average Bonchev–Trinajstić information content (AvgIpc) is 2.86. The molecule has 1 atom stereocenters. The van der Waals surface area contributed by atoms with Crippen LogP contribution in [0.3, 0.4) is 0 Å². The summed E-state index contributed by atoms with van der Waals surface area (Å²) < 4.78 is 2.87. The number of allylic oxidation sites excluding steroid dienone is 2. The van der Waals surface area contributed by atoms with Crippen molar-refractivity contribution >= 4 is 38.3 Å². The zero-order chi connectivity index (χ0) is 13.1. The molecule has 0 radical (unpaired) electrons. The van der Waals surface area contributed by atoms with Crippen LogP contribution in [0.15, 0.2) is 45.6 Å². The monoisotopic (exact) mass is 325 g/mol. The molecular formula is C12H12BrN3OS. The number of imidazole rings is 1. The maximum Gasteiger partial charge on any atom is 0.126 e. The van der Waals surface area contributed by atoms with Gasteiger partial charge in [-0.25, -0.2) is 4.98 Å². The molecule has 2 rings (SSSR count). The van der Waals surface area contributed by atoms with Gasteiger partial charge in [0.15, 0.2) is 0 Å². The van der Waals surface area contributed by atoms with Gasteiger partial charge < -0.3 is 5.11 Å². The Balaban J connectivity index is 2.46. The second-order valence-electron chi connectivity index (χ2n) is 3.57. The molecule has 0 saturated heterocycles. The highest BCUT2D eigenvalue weighted by molar-refractivity contribution is 9.11. The summed E-state index contributed by atoms with van der Waals surface area (Å²) in [5, 5.41) is 10.3. The minimum absolute atomic E-state index is 0.624. The highest BCUT2D eigenvalue weighted by Gasteiger charge is 2.18. The Hall–Kier alpha value is -1.24. The number of aliphatic imine (C=N–C) groups is 1. The van der Waals surface area contributed by atoms with E-state index in [0.717, 1.165) is 8.62 Å². The lowest BCUT2D eigenvalue weighted by atomic mass is 10.1. The van der Waals surface area contributed by atoms with Gasteiger partial charge in [0.25, 0.3) is 0 Å². The van der Waals surface area contributed by atoms with Crippen molar-refractivity contribution in [2.75, 3.05) is 7.05 Å². The molecule has 0 saturated carbocycles. The van der Waals surface area contributed by atoms with Gasteiger partial charge in [-0.3, -0.25) is 9.39 Å². The summed E-state index contributed by atoms with van der Waals surface area (Å²) in [6.45, 7) is 3.63. The molecule has 6 heteroatoms. The lowest BCUT2D eigenvalue weighted by Gasteiger charge is -2.08. The Labute approximate surface area is 117 Å². The first kappa shape index (κ1) is 13.2. The largest absolute Gasteiger partial charge is 0.382 e. The molecule has 18 heavy (non-hydrogen) atoms. The molecule has 4 nitrogen and oxygen atoms in total. The molecule has 0 aliphatic carbocycles. The third-order valence-corrected chi connectivity index (χ3v) is 3.98. The van der Waals surface area contributed by atoms with E-state index in [-0.39, 0.29) is 0 Å². The second-order valence-corrected chi connectivity index (χ2v) is 5.98. The molecule has 1 unspecified atom stereocenters. The minimum Gasteiger partial charge on any atom is -0.382 e. The average molecular weight is 326 g/mol. The highest BCUT2D eigenvalue weighted by atomic mass is 79.9. The van der Waals surface area contributed by atoms with Crippen LogP contribution >= 0.6 is 27.3 Å². The third kappa shape index (κ3) is 2.45. The van der Waals surface area contributed by atoms with Gasteiger partial charge in [-0.05, 0) is 15.9 Å². The molecule has 94 valence electrons. The van der Waals surface area contributed by atoms with Crippen LogP contribution in [0, 0.1) is 0 Å². The van der Waals surface area contributed by atoms with Crippen molar-refractivity contribution in [3.8, 4) is 0 Å². The van der Waals surface area contributed by atoms with Crippen molar-refractivity contribution in [2.24, 2.45) is 4.99 Å². The molecule has 0 bridgehead atoms. The predicted molar refractivity (Wildman–Crippen MR) is 78.4 cm³/mol. The lowest BCUT2D eigenvalue weighted by Crippen LogP contribution is -2.03. The quantitative estimate of drug-likeness (QED) is 0.694. The zero-order valence-corrected chi connectivity index (χ0v) is 12.1. The number of fused-ring (bicyclic) bond motifs is 1. The fourth-order valence-corrected chi connectivity index (χ4v) is 3.13. The predicted octanol–water partition coefficient (Wildman–Crippen LogP) is 3.00. The zero-order valence-electron chi connectivity index (χ0n) is 9.75. The maximum atomic E-state index is 10.3. The molecule has 0 aliphatic rings. The van der Waals surface area contributed by atoms with Gasteiger partial charge in [0.2, 0.25) is 0 Å². The van der Waals surface area contributed by atoms with E-state index in [2.05, 4.69) is 32.5 Å². The van der Waals surface area contributed by atoms with Crippen LogP contribution in [-0.2, 0) is 0 Å². The fourth-order valence-electron chi connectivity index (χ4n) is 1.62. The van der Waals surface area contributed by atoms with Crippen molar-refractivity contribution in [3.05, 3.63) is 46.3 Å². The first-order valence-corrected chi connectivity index (χ1v) is 6.83. The number of aliphatic hydroxyl groups is 1. The summed E-state index contributed by atoms with van der Waals surface area (Å²) in [5.74, 6) is 0. The van der Waals surface area contributed by atoms with Crippen molar-refractivity contribution in [3.63, 3.8) is 0 Å². The summed E-state index contributed by atoms with van der Waals surface area (Å²) in [4.78, 5) is 9.09. The maximum absolute atomic E-state index is 10.3. The van der Waals surface area contributed by atoms with Gasteiger partial charge in [-0.1, -0.05) is 18.7 Å². The summed E-state index contributed by atoms with van der Waals surface area (Å²) in [6, 6.07) is 0. The molecule has 2 aromatic rings. The first-order valence-electron chi connectivity index (χ1n) is 5.22. The minimum atomic E-state index is -0.803. The molecular weight excluding hydrogens is 314 g/mol. The SMILES string of the molecule is C=C/C=C(\C=NC)C(O)c1ncn2cc(Br)sc12. The van der Waals surface area contributed by atoms with E-state index in [9.17, 15) is 5.11 Å². The third-order valence-electron chi connectivity index (χ3n) is 2.37. The molecule has 0 fully saturated rings. The lowest BCUT2D eigenvalue weighted by molar-refractivity contribution is 0.220. The van der Waals surface area contributed by atoms with Gasteiger partial charge in [-0.2, -0.15) is 0 Å². The molecule has 1 N–H and O–H groups in total. The van der Waals surface area contributed by atoms with Crippen LogP contribution in [-0.4, -0.2) is 27.8 Å². The van der Waals surface area contributed by atoms with Gasteiger partial charge in [0, 0.05) is 25.0 Å². The number of hydrogen-bond acceptors (Lipinski definition) is 4. The van der Waals surface area contributed by atoms with Crippen molar-refractivity contribution < 1.29 is 5.11 Å². The van der Waals surface area contributed by atoms with Crippen LogP contribution < -0.4 is 0 Å². The molecule has 0 spiro atoms. The highest BCUT2D eigenvalue weighted by Crippen LogP contribution is 2.31. The fraction of sp³-hybridized carbons (Fsp3) is 0.167. The number of halogens is 1. The summed E-state index contributed by atoms with van der Waals surface area (Å²) in [6.07, 6.45) is 7.75. The van der Waals surface area contributed by atoms with Crippen LogP contribution in [0.4, 0.5) is 0 Å². The normalized spacial score (nSPS) is 14.5. The molecule has 0 amide bonds.